The van der Waals surface area contributed by atoms with Gasteiger partial charge in [0.05, 0.1) is 5.71 Å². The molecule has 5 nitrogen and oxygen atoms in total. The highest BCUT2D eigenvalue weighted by molar-refractivity contribution is 6.13. The van der Waals surface area contributed by atoms with Gasteiger partial charge in [-0.2, -0.15) is 0 Å². The van der Waals surface area contributed by atoms with Crippen molar-refractivity contribution in [3.05, 3.63) is 71.8 Å². The van der Waals surface area contributed by atoms with Crippen molar-refractivity contribution < 1.29 is 19.1 Å². The molecular formula is C24H29NO4. The lowest BCUT2D eigenvalue weighted by atomic mass is 9.94. The second kappa shape index (κ2) is 10.6. The molecule has 0 heterocycles. The number of nitrogens with zero attached hydrogens (tertiary/aromatic N) is 1. The molecular weight excluding hydrogens is 366 g/mol. The number of hydrogen-bond acceptors (Lipinski definition) is 5. The van der Waals surface area contributed by atoms with Crippen LogP contribution in [0.5, 0.6) is 0 Å². The fourth-order valence-corrected chi connectivity index (χ4v) is 3.14. The van der Waals surface area contributed by atoms with Crippen LogP contribution in [0.3, 0.4) is 0 Å². The number of aliphatic imine (C=N–C) groups is 1. The summed E-state index contributed by atoms with van der Waals surface area (Å²) in [5.41, 5.74) is 1.60. The van der Waals surface area contributed by atoms with E-state index in [1.165, 1.54) is 6.92 Å². The maximum Gasteiger partial charge on any atom is 0.371 e. The summed E-state index contributed by atoms with van der Waals surface area (Å²) >= 11 is 0. The molecule has 0 aliphatic carbocycles. The Morgan fingerprint density at radius 3 is 1.69 bits per heavy atom. The van der Waals surface area contributed by atoms with Crippen molar-refractivity contribution >= 4 is 17.7 Å². The summed E-state index contributed by atoms with van der Waals surface area (Å²) in [5.74, 6) is -1.25. The van der Waals surface area contributed by atoms with Crippen LogP contribution in [-0.4, -0.2) is 29.5 Å². The standard InChI is InChI=1S/C24H29NO4/c1-5-24(6-2,7-3)29-23(27)22(28-18(4)26)25-21(19-14-10-8-11-15-19)20-16-12-9-13-17-20/h8-17,22H,5-7H2,1-4H3. The van der Waals surface area contributed by atoms with Crippen LogP contribution in [0.15, 0.2) is 65.7 Å². The zero-order valence-corrected chi connectivity index (χ0v) is 17.6. The lowest BCUT2D eigenvalue weighted by Crippen LogP contribution is -2.38. The summed E-state index contributed by atoms with van der Waals surface area (Å²) in [6.45, 7) is 7.18. The predicted octanol–water partition coefficient (Wildman–Crippen LogP) is 4.93. The Morgan fingerprint density at radius 2 is 1.31 bits per heavy atom. The molecule has 0 aliphatic heterocycles. The van der Waals surface area contributed by atoms with Crippen LogP contribution in [0.25, 0.3) is 0 Å². The highest BCUT2D eigenvalue weighted by Gasteiger charge is 2.33. The molecule has 0 N–H and O–H groups in total. The lowest BCUT2D eigenvalue weighted by Gasteiger charge is -2.31. The minimum atomic E-state index is -1.37. The lowest BCUT2D eigenvalue weighted by molar-refractivity contribution is -0.179. The monoisotopic (exact) mass is 395 g/mol. The number of carbonyl (C=O) groups excluding carboxylic acids is 2. The van der Waals surface area contributed by atoms with E-state index in [0.717, 1.165) is 11.1 Å². The van der Waals surface area contributed by atoms with E-state index in [2.05, 4.69) is 4.99 Å². The van der Waals surface area contributed by atoms with E-state index in [9.17, 15) is 9.59 Å². The normalized spacial score (nSPS) is 12.0. The van der Waals surface area contributed by atoms with Crippen LogP contribution in [0, 0.1) is 0 Å². The second-order valence-corrected chi connectivity index (χ2v) is 6.84. The Bertz CT molecular complexity index is 777. The minimum Gasteiger partial charge on any atom is -0.455 e. The third-order valence-corrected chi connectivity index (χ3v) is 5.07. The summed E-state index contributed by atoms with van der Waals surface area (Å²) in [6.07, 6.45) is 0.651. The van der Waals surface area contributed by atoms with Gasteiger partial charge in [-0.3, -0.25) is 4.79 Å². The van der Waals surface area contributed by atoms with Gasteiger partial charge in [0.25, 0.3) is 6.23 Å². The first-order chi connectivity index (χ1) is 13.9. The third kappa shape index (κ3) is 6.01. The van der Waals surface area contributed by atoms with E-state index >= 15 is 0 Å². The van der Waals surface area contributed by atoms with Crippen LogP contribution >= 0.6 is 0 Å². The predicted molar refractivity (Wildman–Crippen MR) is 114 cm³/mol. The van der Waals surface area contributed by atoms with E-state index in [-0.39, 0.29) is 0 Å². The van der Waals surface area contributed by atoms with Gasteiger partial charge in [0.15, 0.2) is 0 Å². The van der Waals surface area contributed by atoms with Crippen molar-refractivity contribution in [3.8, 4) is 0 Å². The number of esters is 2. The molecule has 0 aromatic heterocycles. The molecule has 2 aromatic carbocycles. The molecule has 0 radical (unpaired) electrons. The molecule has 0 fully saturated rings. The molecule has 154 valence electrons. The topological polar surface area (TPSA) is 65.0 Å². The van der Waals surface area contributed by atoms with Gasteiger partial charge in [0, 0.05) is 18.1 Å². The number of benzene rings is 2. The van der Waals surface area contributed by atoms with Gasteiger partial charge < -0.3 is 9.47 Å². The van der Waals surface area contributed by atoms with E-state index in [1.54, 1.807) is 0 Å². The summed E-state index contributed by atoms with van der Waals surface area (Å²) in [5, 5.41) is 0. The average Bonchev–Trinajstić information content (AvgIpc) is 2.76. The molecule has 0 aliphatic rings. The fourth-order valence-electron chi connectivity index (χ4n) is 3.14. The van der Waals surface area contributed by atoms with Crippen LogP contribution in [0.2, 0.25) is 0 Å². The highest BCUT2D eigenvalue weighted by Crippen LogP contribution is 2.26. The largest absolute Gasteiger partial charge is 0.455 e. The molecule has 0 saturated carbocycles. The number of hydrogen-bond donors (Lipinski definition) is 0. The van der Waals surface area contributed by atoms with Crippen molar-refractivity contribution in [2.45, 2.75) is 58.8 Å². The van der Waals surface area contributed by atoms with E-state index in [1.807, 2.05) is 81.4 Å². The van der Waals surface area contributed by atoms with E-state index < -0.39 is 23.8 Å². The minimum absolute atomic E-state index is 0.560. The van der Waals surface area contributed by atoms with Crippen LogP contribution in [0.4, 0.5) is 0 Å². The van der Waals surface area contributed by atoms with Gasteiger partial charge in [-0.05, 0) is 19.3 Å². The van der Waals surface area contributed by atoms with Gasteiger partial charge >= 0.3 is 11.9 Å². The van der Waals surface area contributed by atoms with E-state index in [4.69, 9.17) is 9.47 Å². The number of rotatable bonds is 9. The Labute approximate surface area is 172 Å². The average molecular weight is 395 g/mol. The molecule has 5 heteroatoms. The molecule has 1 atom stereocenters. The smallest absolute Gasteiger partial charge is 0.371 e. The summed E-state index contributed by atoms with van der Waals surface area (Å²) < 4.78 is 11.1. The van der Waals surface area contributed by atoms with Gasteiger partial charge in [0.2, 0.25) is 0 Å². The Balaban J connectivity index is 2.48. The first-order valence-electron chi connectivity index (χ1n) is 10.0. The first-order valence-corrected chi connectivity index (χ1v) is 10.0. The van der Waals surface area contributed by atoms with Crippen molar-refractivity contribution in [1.82, 2.24) is 0 Å². The molecule has 1 unspecified atom stereocenters. The van der Waals surface area contributed by atoms with Crippen molar-refractivity contribution in [3.63, 3.8) is 0 Å². The molecule has 0 spiro atoms. The van der Waals surface area contributed by atoms with E-state index in [0.29, 0.717) is 25.0 Å². The van der Waals surface area contributed by atoms with Crippen molar-refractivity contribution in [2.24, 2.45) is 4.99 Å². The summed E-state index contributed by atoms with van der Waals surface area (Å²) in [4.78, 5) is 29.2. The highest BCUT2D eigenvalue weighted by atomic mass is 16.6. The molecule has 2 aromatic rings. The molecule has 0 bridgehead atoms. The number of carbonyl (C=O) groups is 2. The zero-order chi connectivity index (χ0) is 21.3. The Kier molecular flexibility index (Phi) is 8.13. The Morgan fingerprint density at radius 1 is 0.862 bits per heavy atom. The van der Waals surface area contributed by atoms with Crippen molar-refractivity contribution in [2.75, 3.05) is 0 Å². The maximum absolute atomic E-state index is 13.0. The Hall–Kier alpha value is -2.95. The molecule has 2 rings (SSSR count). The maximum atomic E-state index is 13.0. The molecule has 0 amide bonds. The summed E-state index contributed by atoms with van der Waals surface area (Å²) in [7, 11) is 0. The SMILES string of the molecule is CCC(CC)(CC)OC(=O)C(N=C(c1ccccc1)c1ccccc1)OC(C)=O. The fraction of sp³-hybridized carbons (Fsp3) is 0.375. The van der Waals surface area contributed by atoms with Gasteiger partial charge in [-0.1, -0.05) is 81.4 Å². The van der Waals surface area contributed by atoms with Crippen LogP contribution in [0.1, 0.15) is 58.1 Å². The second-order valence-electron chi connectivity index (χ2n) is 6.84. The van der Waals surface area contributed by atoms with Crippen LogP contribution < -0.4 is 0 Å². The van der Waals surface area contributed by atoms with Gasteiger partial charge in [-0.15, -0.1) is 0 Å². The van der Waals surface area contributed by atoms with Crippen LogP contribution in [-0.2, 0) is 19.1 Å². The third-order valence-electron chi connectivity index (χ3n) is 5.07. The summed E-state index contributed by atoms with van der Waals surface area (Å²) in [6, 6.07) is 19.0. The molecule has 0 saturated heterocycles. The number of ether oxygens (including phenoxy) is 2. The van der Waals surface area contributed by atoms with Crippen molar-refractivity contribution in [1.29, 1.82) is 0 Å². The quantitative estimate of drug-likeness (QED) is 0.446. The van der Waals surface area contributed by atoms with Gasteiger partial charge in [0.1, 0.15) is 5.60 Å². The van der Waals surface area contributed by atoms with Gasteiger partial charge in [-0.25, -0.2) is 9.79 Å². The zero-order valence-electron chi connectivity index (χ0n) is 17.6. The molecule has 29 heavy (non-hydrogen) atoms. The first kappa shape index (κ1) is 22.3.